The Morgan fingerprint density at radius 3 is 2.32 bits per heavy atom. The van der Waals surface area contributed by atoms with Crippen LogP contribution in [0.4, 0.5) is 4.79 Å². The van der Waals surface area contributed by atoms with Crippen LogP contribution in [-0.4, -0.2) is 66.7 Å². The molecule has 2 aliphatic rings. The molecule has 0 bridgehead atoms. The van der Waals surface area contributed by atoms with Crippen LogP contribution < -0.4 is 10.6 Å². The Morgan fingerprint density at radius 1 is 1.06 bits per heavy atom. The fourth-order valence-electron chi connectivity index (χ4n) is 4.66. The number of benzene rings is 2. The Balaban J connectivity index is 1.35. The molecule has 1 fully saturated rings. The Kier molecular flexibility index (Phi) is 7.44. The summed E-state index contributed by atoms with van der Waals surface area (Å²) < 4.78 is 11.1. The molecule has 0 saturated carbocycles. The van der Waals surface area contributed by atoms with E-state index in [2.05, 4.69) is 22.8 Å². The molecule has 2 amide bonds. The van der Waals surface area contributed by atoms with Gasteiger partial charge in [0.1, 0.15) is 12.6 Å². The quantitative estimate of drug-likeness (QED) is 0.465. The third-order valence-electron chi connectivity index (χ3n) is 6.38. The fourth-order valence-corrected chi connectivity index (χ4v) is 4.66. The molecule has 1 heterocycles. The number of nitrogens with one attached hydrogen (secondary N) is 2. The van der Waals surface area contributed by atoms with Crippen molar-refractivity contribution in [2.24, 2.45) is 5.92 Å². The first-order chi connectivity index (χ1) is 16.5. The number of aliphatic hydroxyl groups excluding tert-OH is 1. The summed E-state index contributed by atoms with van der Waals surface area (Å²) >= 11 is 0. The molecular weight excluding hydrogens is 440 g/mol. The van der Waals surface area contributed by atoms with Gasteiger partial charge in [0.15, 0.2) is 0 Å². The van der Waals surface area contributed by atoms with E-state index in [0.717, 1.165) is 22.3 Å². The van der Waals surface area contributed by atoms with E-state index < -0.39 is 30.6 Å². The maximum absolute atomic E-state index is 12.7. The number of aliphatic hydroxyl groups is 1. The topological polar surface area (TPSA) is 134 Å². The molecule has 0 aromatic heterocycles. The van der Waals surface area contributed by atoms with Gasteiger partial charge in [0.05, 0.1) is 13.2 Å². The number of hydrogen-bond acceptors (Lipinski definition) is 6. The predicted molar refractivity (Wildman–Crippen MR) is 122 cm³/mol. The molecule has 2 unspecified atom stereocenters. The first-order valence-electron chi connectivity index (χ1n) is 11.3. The summed E-state index contributed by atoms with van der Waals surface area (Å²) in [6, 6.07) is 14.4. The third-order valence-corrected chi connectivity index (χ3v) is 6.38. The van der Waals surface area contributed by atoms with Crippen LogP contribution in [0.25, 0.3) is 11.1 Å². The number of aliphatic carboxylic acids is 1. The number of carboxylic acid groups (broad SMARTS) is 1. The average Bonchev–Trinajstić information content (AvgIpc) is 3.16. The van der Waals surface area contributed by atoms with E-state index >= 15 is 0 Å². The summed E-state index contributed by atoms with van der Waals surface area (Å²) in [6.45, 7) is 0.161. The summed E-state index contributed by atoms with van der Waals surface area (Å²) in [5.41, 5.74) is 4.53. The Labute approximate surface area is 197 Å². The molecule has 4 N–H and O–H groups in total. The zero-order chi connectivity index (χ0) is 24.1. The zero-order valence-electron chi connectivity index (χ0n) is 18.6. The number of ether oxygens (including phenoxy) is 2. The minimum atomic E-state index is -1.37. The van der Waals surface area contributed by atoms with Crippen molar-refractivity contribution in [3.8, 4) is 11.1 Å². The van der Waals surface area contributed by atoms with Gasteiger partial charge in [-0.2, -0.15) is 0 Å². The molecule has 4 rings (SSSR count). The number of alkyl carbamates (subject to hydrolysis) is 1. The van der Waals surface area contributed by atoms with Crippen LogP contribution >= 0.6 is 0 Å². The number of hydrogen-bond donors (Lipinski definition) is 4. The van der Waals surface area contributed by atoms with E-state index in [-0.39, 0.29) is 37.5 Å². The molecular formula is C25H28N2O7. The van der Waals surface area contributed by atoms with Gasteiger partial charge >= 0.3 is 12.1 Å². The lowest BCUT2D eigenvalue weighted by molar-refractivity contribution is -0.143. The second-order valence-electron chi connectivity index (χ2n) is 8.55. The predicted octanol–water partition coefficient (Wildman–Crippen LogP) is 1.88. The maximum Gasteiger partial charge on any atom is 0.407 e. The second-order valence-corrected chi connectivity index (χ2v) is 8.55. The van der Waals surface area contributed by atoms with E-state index in [4.69, 9.17) is 19.7 Å². The van der Waals surface area contributed by atoms with Crippen molar-refractivity contribution in [1.29, 1.82) is 0 Å². The molecule has 9 nitrogen and oxygen atoms in total. The Bertz CT molecular complexity index is 1010. The minimum Gasteiger partial charge on any atom is -0.480 e. The number of rotatable bonds is 8. The van der Waals surface area contributed by atoms with Crippen LogP contribution in [0.2, 0.25) is 0 Å². The highest BCUT2D eigenvalue weighted by Crippen LogP contribution is 2.44. The smallest absolute Gasteiger partial charge is 0.407 e. The molecule has 1 saturated heterocycles. The lowest BCUT2D eigenvalue weighted by Gasteiger charge is -2.31. The Morgan fingerprint density at radius 2 is 1.71 bits per heavy atom. The molecule has 0 radical (unpaired) electrons. The second kappa shape index (κ2) is 10.7. The molecule has 9 heteroatoms. The number of amides is 2. The highest BCUT2D eigenvalue weighted by Gasteiger charge is 2.32. The van der Waals surface area contributed by atoms with Crippen LogP contribution in [0.3, 0.4) is 0 Å². The standard InChI is InChI=1S/C25H28N2O7/c28-12-22(24(30)31)26-23(29)11-15-13-33-10-9-21(15)27-25(32)34-14-20-18-7-3-1-5-16(18)17-6-2-4-8-19(17)20/h1-8,15,20-22,28H,9-14H2,(H,26,29)(H,27,32)(H,30,31)/t15?,21?,22-/m1/s1. The summed E-state index contributed by atoms with van der Waals surface area (Å²) in [7, 11) is 0. The molecule has 2 aromatic rings. The van der Waals surface area contributed by atoms with Crippen LogP contribution in [0.5, 0.6) is 0 Å². The highest BCUT2D eigenvalue weighted by atomic mass is 16.5. The van der Waals surface area contributed by atoms with Crippen molar-refractivity contribution in [2.45, 2.75) is 30.8 Å². The first-order valence-corrected chi connectivity index (χ1v) is 11.3. The summed E-state index contributed by atoms with van der Waals surface area (Å²) in [6.07, 6.45) is -0.110. The molecule has 1 aliphatic heterocycles. The minimum absolute atomic E-state index is 0.0435. The van der Waals surface area contributed by atoms with Gasteiger partial charge < -0.3 is 30.3 Å². The van der Waals surface area contributed by atoms with Gasteiger partial charge in [0.2, 0.25) is 5.91 Å². The van der Waals surface area contributed by atoms with Gasteiger partial charge in [0.25, 0.3) is 0 Å². The Hall–Kier alpha value is -3.43. The SMILES string of the molecule is O=C(CC1COCCC1NC(=O)OCC1c2ccccc2-c2ccccc21)N[C@H](CO)C(=O)O. The van der Waals surface area contributed by atoms with Crippen LogP contribution in [0, 0.1) is 5.92 Å². The first kappa shape index (κ1) is 23.7. The number of carbonyl (C=O) groups is 3. The van der Waals surface area contributed by atoms with Gasteiger partial charge in [-0.25, -0.2) is 9.59 Å². The molecule has 0 spiro atoms. The lowest BCUT2D eigenvalue weighted by atomic mass is 9.92. The van der Waals surface area contributed by atoms with E-state index in [1.807, 2.05) is 36.4 Å². The largest absolute Gasteiger partial charge is 0.480 e. The van der Waals surface area contributed by atoms with Crippen molar-refractivity contribution >= 4 is 18.0 Å². The number of carbonyl (C=O) groups excluding carboxylic acids is 2. The van der Waals surface area contributed by atoms with E-state index in [0.29, 0.717) is 13.0 Å². The van der Waals surface area contributed by atoms with E-state index in [1.165, 1.54) is 0 Å². The van der Waals surface area contributed by atoms with Crippen LogP contribution in [0.15, 0.2) is 48.5 Å². The zero-order valence-corrected chi connectivity index (χ0v) is 18.6. The average molecular weight is 469 g/mol. The van der Waals surface area contributed by atoms with Gasteiger partial charge in [0, 0.05) is 30.9 Å². The molecule has 2 aromatic carbocycles. The molecule has 3 atom stereocenters. The molecule has 34 heavy (non-hydrogen) atoms. The normalized spacial score (nSPS) is 20.0. The summed E-state index contributed by atoms with van der Waals surface area (Å²) in [5, 5.41) is 23.2. The lowest BCUT2D eigenvalue weighted by Crippen LogP contribution is -2.49. The monoisotopic (exact) mass is 468 g/mol. The molecule has 180 valence electrons. The number of fused-ring (bicyclic) bond motifs is 3. The van der Waals surface area contributed by atoms with Crippen molar-refractivity contribution in [1.82, 2.24) is 10.6 Å². The van der Waals surface area contributed by atoms with Crippen molar-refractivity contribution in [3.63, 3.8) is 0 Å². The summed E-state index contributed by atoms with van der Waals surface area (Å²) in [4.78, 5) is 35.9. The van der Waals surface area contributed by atoms with Crippen LogP contribution in [-0.2, 0) is 19.1 Å². The van der Waals surface area contributed by atoms with Crippen molar-refractivity contribution in [2.75, 3.05) is 26.4 Å². The summed E-state index contributed by atoms with van der Waals surface area (Å²) in [5.74, 6) is -2.25. The van der Waals surface area contributed by atoms with Crippen molar-refractivity contribution < 1.29 is 34.1 Å². The van der Waals surface area contributed by atoms with Crippen molar-refractivity contribution in [3.05, 3.63) is 59.7 Å². The maximum atomic E-state index is 12.7. The van der Waals surface area contributed by atoms with Gasteiger partial charge in [-0.15, -0.1) is 0 Å². The van der Waals surface area contributed by atoms with Crippen LogP contribution in [0.1, 0.15) is 29.9 Å². The molecule has 1 aliphatic carbocycles. The highest BCUT2D eigenvalue weighted by molar-refractivity contribution is 5.84. The van der Waals surface area contributed by atoms with Gasteiger partial charge in [-0.1, -0.05) is 48.5 Å². The van der Waals surface area contributed by atoms with E-state index in [9.17, 15) is 14.4 Å². The third kappa shape index (κ3) is 5.21. The fraction of sp³-hybridized carbons (Fsp3) is 0.400. The van der Waals surface area contributed by atoms with Gasteiger partial charge in [-0.3, -0.25) is 4.79 Å². The van der Waals surface area contributed by atoms with E-state index in [1.54, 1.807) is 0 Å². The van der Waals surface area contributed by atoms with Gasteiger partial charge in [-0.05, 0) is 28.7 Å². The number of carboxylic acids is 1.